The quantitative estimate of drug-likeness (QED) is 0.598. The van der Waals surface area contributed by atoms with Crippen molar-refractivity contribution in [1.29, 1.82) is 0 Å². The number of benzene rings is 1. The Morgan fingerprint density at radius 2 is 1.89 bits per heavy atom. The van der Waals surface area contributed by atoms with Crippen molar-refractivity contribution < 1.29 is 31.5 Å². The molecule has 1 fully saturated rings. The number of nitrogens with zero attached hydrogens (tertiary/aromatic N) is 3. The van der Waals surface area contributed by atoms with Crippen LogP contribution in [0.1, 0.15) is 17.2 Å². The predicted molar refractivity (Wildman–Crippen MR) is 83.9 cm³/mol. The number of aromatic nitrogens is 2. The summed E-state index contributed by atoms with van der Waals surface area (Å²) < 4.78 is 70.0. The maximum absolute atomic E-state index is 14.2. The molecule has 0 bridgehead atoms. The summed E-state index contributed by atoms with van der Waals surface area (Å²) >= 11 is 0. The number of halogens is 5. The Labute approximate surface area is 150 Å². The van der Waals surface area contributed by atoms with E-state index in [2.05, 4.69) is 10.2 Å². The van der Waals surface area contributed by atoms with Crippen molar-refractivity contribution in [3.8, 4) is 0 Å². The average Bonchev–Trinajstić information content (AvgIpc) is 3.05. The topological polar surface area (TPSA) is 55.3 Å². The Bertz CT molecular complexity index is 841. The highest BCUT2D eigenvalue weighted by Crippen LogP contribution is 2.37. The minimum absolute atomic E-state index is 0.0498. The number of esters is 1. The van der Waals surface area contributed by atoms with Gasteiger partial charge in [-0.25, -0.2) is 8.78 Å². The van der Waals surface area contributed by atoms with Crippen LogP contribution in [-0.4, -0.2) is 36.4 Å². The first-order valence-electron chi connectivity index (χ1n) is 7.89. The van der Waals surface area contributed by atoms with Crippen LogP contribution in [0.25, 0.3) is 0 Å². The normalized spacial score (nSPS) is 20.0. The Morgan fingerprint density at radius 3 is 2.44 bits per heavy atom. The number of alkyl halides is 3. The van der Waals surface area contributed by atoms with Crippen LogP contribution in [0.3, 0.4) is 0 Å². The molecule has 1 aromatic heterocycles. The highest BCUT2D eigenvalue weighted by molar-refractivity contribution is 5.75. The molecule has 0 amide bonds. The summed E-state index contributed by atoms with van der Waals surface area (Å²) in [4.78, 5) is 13.6. The second-order valence-electron chi connectivity index (χ2n) is 6.08. The minimum atomic E-state index is -4.62. The van der Waals surface area contributed by atoms with Gasteiger partial charge in [0.2, 0.25) is 0 Å². The Hall–Kier alpha value is -2.78. The van der Waals surface area contributed by atoms with E-state index in [-0.39, 0.29) is 24.5 Å². The molecule has 0 radical (unpaired) electrons. The Morgan fingerprint density at radius 1 is 1.15 bits per heavy atom. The third-order valence-corrected chi connectivity index (χ3v) is 4.45. The molecule has 2 heterocycles. The summed E-state index contributed by atoms with van der Waals surface area (Å²) in [5.74, 6) is -3.53. The van der Waals surface area contributed by atoms with E-state index in [1.165, 1.54) is 18.1 Å². The molecule has 1 aromatic carbocycles. The van der Waals surface area contributed by atoms with Crippen LogP contribution in [0.2, 0.25) is 0 Å². The molecule has 5 nitrogen and oxygen atoms in total. The Balaban J connectivity index is 1.90. The lowest BCUT2D eigenvalue weighted by Crippen LogP contribution is -2.25. The first-order chi connectivity index (χ1) is 12.7. The lowest BCUT2D eigenvalue weighted by Gasteiger charge is -2.17. The molecule has 144 valence electrons. The van der Waals surface area contributed by atoms with Gasteiger partial charge in [-0.05, 0) is 23.8 Å². The van der Waals surface area contributed by atoms with Crippen LogP contribution < -0.4 is 4.90 Å². The fourth-order valence-corrected chi connectivity index (χ4v) is 3.14. The number of hydrogen-bond donors (Lipinski definition) is 0. The van der Waals surface area contributed by atoms with Gasteiger partial charge >= 0.3 is 12.1 Å². The number of ether oxygens (including phenoxy) is 1. The fourth-order valence-electron chi connectivity index (χ4n) is 3.14. The number of rotatable bonds is 3. The molecular weight excluding hydrogens is 373 g/mol. The number of carbonyl (C=O) groups excluding carboxylic acids is 1. The second-order valence-corrected chi connectivity index (χ2v) is 6.08. The van der Waals surface area contributed by atoms with Gasteiger partial charge in [-0.2, -0.15) is 13.2 Å². The van der Waals surface area contributed by atoms with E-state index in [1.54, 1.807) is 0 Å². The maximum atomic E-state index is 14.2. The lowest BCUT2D eigenvalue weighted by atomic mass is 9.88. The van der Waals surface area contributed by atoms with E-state index in [4.69, 9.17) is 4.74 Å². The zero-order chi connectivity index (χ0) is 19.8. The molecule has 0 spiro atoms. The predicted octanol–water partition coefficient (Wildman–Crippen LogP) is 3.17. The molecule has 0 saturated carbocycles. The molecule has 0 unspecified atom stereocenters. The van der Waals surface area contributed by atoms with Crippen LogP contribution in [0.4, 0.5) is 27.8 Å². The summed E-state index contributed by atoms with van der Waals surface area (Å²) in [5.41, 5.74) is -1.02. The van der Waals surface area contributed by atoms with Crippen molar-refractivity contribution >= 4 is 11.8 Å². The third-order valence-electron chi connectivity index (χ3n) is 4.45. The standard InChI is InChI=1S/C17H14F5N3O2/c1-27-16(26)12-8-25(15-5-4-14(23-24-15)17(20,21)22)7-11(12)10-3-2-9(18)6-13(10)19/h2-6,11-12H,7-8H2,1H3/t11-,12+/m0/s1. The highest BCUT2D eigenvalue weighted by Gasteiger charge is 2.41. The fraction of sp³-hybridized carbons (Fsp3) is 0.353. The smallest absolute Gasteiger partial charge is 0.435 e. The molecular formula is C17H14F5N3O2. The van der Waals surface area contributed by atoms with Crippen molar-refractivity contribution in [1.82, 2.24) is 10.2 Å². The van der Waals surface area contributed by atoms with Crippen LogP contribution in [0.15, 0.2) is 30.3 Å². The van der Waals surface area contributed by atoms with E-state index in [1.807, 2.05) is 0 Å². The van der Waals surface area contributed by atoms with Gasteiger partial charge in [0.1, 0.15) is 11.6 Å². The van der Waals surface area contributed by atoms with Gasteiger partial charge in [0.25, 0.3) is 0 Å². The molecule has 2 atom stereocenters. The molecule has 2 aromatic rings. The number of methoxy groups -OCH3 is 1. The van der Waals surface area contributed by atoms with Crippen LogP contribution >= 0.6 is 0 Å². The number of carbonyl (C=O) groups is 1. The van der Waals surface area contributed by atoms with Crippen molar-refractivity contribution in [2.24, 2.45) is 5.92 Å². The van der Waals surface area contributed by atoms with E-state index in [9.17, 15) is 26.7 Å². The zero-order valence-corrected chi connectivity index (χ0v) is 14.0. The molecule has 3 rings (SSSR count). The second kappa shape index (κ2) is 7.09. The molecule has 1 aliphatic rings. The van der Waals surface area contributed by atoms with E-state index in [0.717, 1.165) is 18.2 Å². The molecule has 10 heteroatoms. The van der Waals surface area contributed by atoms with Crippen LogP contribution in [-0.2, 0) is 15.7 Å². The molecule has 1 saturated heterocycles. The lowest BCUT2D eigenvalue weighted by molar-refractivity contribution is -0.145. The molecule has 0 aliphatic carbocycles. The molecule has 27 heavy (non-hydrogen) atoms. The van der Waals surface area contributed by atoms with Crippen molar-refractivity contribution in [3.63, 3.8) is 0 Å². The average molecular weight is 387 g/mol. The number of anilines is 1. The van der Waals surface area contributed by atoms with Crippen molar-refractivity contribution in [2.75, 3.05) is 25.1 Å². The minimum Gasteiger partial charge on any atom is -0.469 e. The van der Waals surface area contributed by atoms with Gasteiger partial charge in [0, 0.05) is 25.1 Å². The van der Waals surface area contributed by atoms with Crippen LogP contribution in [0.5, 0.6) is 0 Å². The first-order valence-corrected chi connectivity index (χ1v) is 7.89. The third kappa shape index (κ3) is 3.83. The summed E-state index contributed by atoms with van der Waals surface area (Å²) in [7, 11) is 1.18. The van der Waals surface area contributed by atoms with Crippen molar-refractivity contribution in [3.05, 3.63) is 53.2 Å². The Kier molecular flexibility index (Phi) is 4.99. The summed E-state index contributed by atoms with van der Waals surface area (Å²) in [6.07, 6.45) is -4.62. The van der Waals surface area contributed by atoms with Gasteiger partial charge in [-0.1, -0.05) is 6.07 Å². The van der Waals surface area contributed by atoms with E-state index < -0.39 is 41.3 Å². The van der Waals surface area contributed by atoms with E-state index >= 15 is 0 Å². The maximum Gasteiger partial charge on any atom is 0.435 e. The van der Waals surface area contributed by atoms with Gasteiger partial charge in [0.15, 0.2) is 11.5 Å². The molecule has 0 N–H and O–H groups in total. The largest absolute Gasteiger partial charge is 0.469 e. The summed E-state index contributed by atoms with van der Waals surface area (Å²) in [5, 5.41) is 6.72. The van der Waals surface area contributed by atoms with Gasteiger partial charge in [-0.15, -0.1) is 10.2 Å². The summed E-state index contributed by atoms with van der Waals surface area (Å²) in [6.45, 7) is 0.135. The van der Waals surface area contributed by atoms with Crippen molar-refractivity contribution in [2.45, 2.75) is 12.1 Å². The monoisotopic (exact) mass is 387 g/mol. The zero-order valence-electron chi connectivity index (χ0n) is 14.0. The molecule has 1 aliphatic heterocycles. The first kappa shape index (κ1) is 19.0. The van der Waals surface area contributed by atoms with Gasteiger partial charge in [-0.3, -0.25) is 4.79 Å². The summed E-state index contributed by atoms with van der Waals surface area (Å²) in [6, 6.07) is 4.94. The highest BCUT2D eigenvalue weighted by atomic mass is 19.4. The van der Waals surface area contributed by atoms with Gasteiger partial charge < -0.3 is 9.64 Å². The van der Waals surface area contributed by atoms with Crippen LogP contribution in [0, 0.1) is 17.6 Å². The SMILES string of the molecule is COC(=O)[C@@H]1CN(c2ccc(C(F)(F)F)nn2)C[C@H]1c1ccc(F)cc1F. The van der Waals surface area contributed by atoms with E-state index in [0.29, 0.717) is 6.07 Å². The number of hydrogen-bond acceptors (Lipinski definition) is 5. The van der Waals surface area contributed by atoms with Gasteiger partial charge in [0.05, 0.1) is 13.0 Å².